The number of carbonyl (C=O) groups is 1. The molecule has 0 atom stereocenters. The van der Waals surface area contributed by atoms with E-state index in [1.54, 1.807) is 12.3 Å². The first kappa shape index (κ1) is 18.2. The molecule has 0 unspecified atom stereocenters. The van der Waals surface area contributed by atoms with Crippen molar-refractivity contribution in [3.8, 4) is 11.5 Å². The average molecular weight is 378 g/mol. The number of hydrogen-bond acceptors (Lipinski definition) is 5. The standard InChI is InChI=1S/C21H22N4O3/c1-14-3-2-4-15(11-14)12-19(27)25-9-7-16(8-10-25)20-23-21(28-24-20)17-5-6-18(26)22-13-17/h2-6,11,13,16H,7-10,12H2,1H3,(H,22,26). The van der Waals surface area contributed by atoms with Gasteiger partial charge in [0.15, 0.2) is 5.82 Å². The quantitative estimate of drug-likeness (QED) is 0.754. The van der Waals surface area contributed by atoms with Crippen LogP contribution in [-0.4, -0.2) is 39.0 Å². The molecule has 1 aliphatic heterocycles. The predicted octanol–water partition coefficient (Wildman–Crippen LogP) is 2.68. The molecule has 0 spiro atoms. The van der Waals surface area contributed by atoms with Crippen molar-refractivity contribution in [3.05, 3.63) is 69.9 Å². The van der Waals surface area contributed by atoms with Gasteiger partial charge >= 0.3 is 0 Å². The Morgan fingerprint density at radius 2 is 2.07 bits per heavy atom. The molecular weight excluding hydrogens is 356 g/mol. The van der Waals surface area contributed by atoms with Crippen LogP contribution in [0.15, 0.2) is 51.9 Å². The molecule has 1 saturated heterocycles. The van der Waals surface area contributed by atoms with Crippen LogP contribution in [0.2, 0.25) is 0 Å². The van der Waals surface area contributed by atoms with Crippen LogP contribution in [0.4, 0.5) is 0 Å². The monoisotopic (exact) mass is 378 g/mol. The van der Waals surface area contributed by atoms with Crippen LogP contribution in [0.1, 0.15) is 35.7 Å². The van der Waals surface area contributed by atoms with Crippen LogP contribution >= 0.6 is 0 Å². The Labute approximate surface area is 162 Å². The molecule has 1 N–H and O–H groups in total. The predicted molar refractivity (Wildman–Crippen MR) is 104 cm³/mol. The van der Waals surface area contributed by atoms with Gasteiger partial charge in [0.25, 0.3) is 5.89 Å². The third-order valence-corrected chi connectivity index (χ3v) is 5.12. The van der Waals surface area contributed by atoms with E-state index in [0.717, 1.165) is 18.4 Å². The fraction of sp³-hybridized carbons (Fsp3) is 0.333. The van der Waals surface area contributed by atoms with Crippen LogP contribution in [0.25, 0.3) is 11.5 Å². The number of aryl methyl sites for hydroxylation is 1. The minimum Gasteiger partial charge on any atom is -0.342 e. The molecule has 0 aliphatic carbocycles. The summed E-state index contributed by atoms with van der Waals surface area (Å²) >= 11 is 0. The van der Waals surface area contributed by atoms with Crippen molar-refractivity contribution in [2.24, 2.45) is 0 Å². The third-order valence-electron chi connectivity index (χ3n) is 5.12. The molecule has 7 heteroatoms. The molecule has 2 aromatic heterocycles. The van der Waals surface area contributed by atoms with E-state index >= 15 is 0 Å². The minimum atomic E-state index is -0.175. The second-order valence-corrected chi connectivity index (χ2v) is 7.22. The number of nitrogens with zero attached hydrogens (tertiary/aromatic N) is 3. The zero-order valence-corrected chi connectivity index (χ0v) is 15.7. The summed E-state index contributed by atoms with van der Waals surface area (Å²) in [6.45, 7) is 3.42. The topological polar surface area (TPSA) is 92.1 Å². The lowest BCUT2D eigenvalue weighted by atomic mass is 9.95. The van der Waals surface area contributed by atoms with Gasteiger partial charge in [-0.15, -0.1) is 0 Å². The van der Waals surface area contributed by atoms with Crippen molar-refractivity contribution in [2.45, 2.75) is 32.1 Å². The van der Waals surface area contributed by atoms with E-state index in [1.807, 2.05) is 30.0 Å². The van der Waals surface area contributed by atoms with Crippen molar-refractivity contribution in [1.82, 2.24) is 20.0 Å². The second-order valence-electron chi connectivity index (χ2n) is 7.22. The maximum Gasteiger partial charge on any atom is 0.259 e. The van der Waals surface area contributed by atoms with E-state index in [4.69, 9.17) is 4.52 Å². The van der Waals surface area contributed by atoms with Gasteiger partial charge < -0.3 is 14.4 Å². The number of hydrogen-bond donors (Lipinski definition) is 1. The molecular formula is C21H22N4O3. The second kappa shape index (κ2) is 7.80. The maximum atomic E-state index is 12.6. The van der Waals surface area contributed by atoms with Crippen LogP contribution in [0.5, 0.6) is 0 Å². The van der Waals surface area contributed by atoms with E-state index < -0.39 is 0 Å². The van der Waals surface area contributed by atoms with Gasteiger partial charge in [0, 0.05) is 31.3 Å². The fourth-order valence-corrected chi connectivity index (χ4v) is 3.56. The summed E-state index contributed by atoms with van der Waals surface area (Å²) in [6, 6.07) is 11.2. The number of H-pyrrole nitrogens is 1. The lowest BCUT2D eigenvalue weighted by molar-refractivity contribution is -0.131. The molecule has 1 aliphatic rings. The largest absolute Gasteiger partial charge is 0.342 e. The minimum absolute atomic E-state index is 0.158. The van der Waals surface area contributed by atoms with Gasteiger partial charge in [-0.3, -0.25) is 9.59 Å². The molecule has 144 valence electrons. The van der Waals surface area contributed by atoms with E-state index in [9.17, 15) is 9.59 Å². The van der Waals surface area contributed by atoms with E-state index in [1.165, 1.54) is 11.6 Å². The molecule has 3 heterocycles. The lowest BCUT2D eigenvalue weighted by Crippen LogP contribution is -2.39. The number of piperidine rings is 1. The van der Waals surface area contributed by atoms with Gasteiger partial charge in [-0.1, -0.05) is 35.0 Å². The van der Waals surface area contributed by atoms with E-state index in [-0.39, 0.29) is 17.4 Å². The molecule has 0 radical (unpaired) electrons. The van der Waals surface area contributed by atoms with Gasteiger partial charge in [-0.25, -0.2) is 0 Å². The molecule has 7 nitrogen and oxygen atoms in total. The van der Waals surface area contributed by atoms with Crippen molar-refractivity contribution in [1.29, 1.82) is 0 Å². The van der Waals surface area contributed by atoms with Crippen LogP contribution in [-0.2, 0) is 11.2 Å². The Bertz CT molecular complexity index is 1010. The van der Waals surface area contributed by atoms with E-state index in [0.29, 0.717) is 36.8 Å². The number of amides is 1. The highest BCUT2D eigenvalue weighted by Gasteiger charge is 2.27. The summed E-state index contributed by atoms with van der Waals surface area (Å²) in [5.41, 5.74) is 2.73. The summed E-state index contributed by atoms with van der Waals surface area (Å²) < 4.78 is 5.34. The highest BCUT2D eigenvalue weighted by molar-refractivity contribution is 5.79. The number of carbonyl (C=O) groups excluding carboxylic acids is 1. The van der Waals surface area contributed by atoms with Crippen molar-refractivity contribution in [2.75, 3.05) is 13.1 Å². The first-order chi connectivity index (χ1) is 13.6. The SMILES string of the molecule is Cc1cccc(CC(=O)N2CCC(c3noc(-c4ccc(=O)[nH]c4)n3)CC2)c1. The van der Waals surface area contributed by atoms with Gasteiger partial charge in [-0.05, 0) is 31.4 Å². The average Bonchev–Trinajstić information content (AvgIpc) is 3.19. The molecule has 0 saturated carbocycles. The summed E-state index contributed by atoms with van der Waals surface area (Å²) in [5.74, 6) is 1.38. The number of benzene rings is 1. The molecule has 28 heavy (non-hydrogen) atoms. The van der Waals surface area contributed by atoms with Gasteiger partial charge in [-0.2, -0.15) is 4.98 Å². The Kier molecular flexibility index (Phi) is 5.06. The van der Waals surface area contributed by atoms with E-state index in [2.05, 4.69) is 21.2 Å². The molecule has 3 aromatic rings. The number of rotatable bonds is 4. The number of likely N-dealkylation sites (tertiary alicyclic amines) is 1. The van der Waals surface area contributed by atoms with Crippen molar-refractivity contribution in [3.63, 3.8) is 0 Å². The molecule has 1 aromatic carbocycles. The summed E-state index contributed by atoms with van der Waals surface area (Å²) in [6.07, 6.45) is 3.62. The number of nitrogens with one attached hydrogen (secondary N) is 1. The maximum absolute atomic E-state index is 12.6. The summed E-state index contributed by atoms with van der Waals surface area (Å²) in [5, 5.41) is 4.10. The molecule has 1 amide bonds. The summed E-state index contributed by atoms with van der Waals surface area (Å²) in [7, 11) is 0. The zero-order valence-electron chi connectivity index (χ0n) is 15.7. The third kappa shape index (κ3) is 4.03. The van der Waals surface area contributed by atoms with Gasteiger partial charge in [0.2, 0.25) is 11.5 Å². The van der Waals surface area contributed by atoms with Crippen molar-refractivity contribution >= 4 is 5.91 Å². The lowest BCUT2D eigenvalue weighted by Gasteiger charge is -2.30. The van der Waals surface area contributed by atoms with Crippen LogP contribution in [0.3, 0.4) is 0 Å². The summed E-state index contributed by atoms with van der Waals surface area (Å²) in [4.78, 5) is 32.8. The molecule has 0 bridgehead atoms. The smallest absolute Gasteiger partial charge is 0.259 e. The van der Waals surface area contributed by atoms with Crippen molar-refractivity contribution < 1.29 is 9.32 Å². The highest BCUT2D eigenvalue weighted by atomic mass is 16.5. The Balaban J connectivity index is 1.36. The molecule has 4 rings (SSSR count). The fourth-order valence-electron chi connectivity index (χ4n) is 3.56. The zero-order chi connectivity index (χ0) is 19.5. The first-order valence-electron chi connectivity index (χ1n) is 9.44. The highest BCUT2D eigenvalue weighted by Crippen LogP contribution is 2.28. The first-order valence-corrected chi connectivity index (χ1v) is 9.44. The van der Waals surface area contributed by atoms with Gasteiger partial charge in [0.05, 0.1) is 12.0 Å². The van der Waals surface area contributed by atoms with Gasteiger partial charge in [0.1, 0.15) is 0 Å². The van der Waals surface area contributed by atoms with Crippen LogP contribution < -0.4 is 5.56 Å². The molecule has 1 fully saturated rings. The number of pyridine rings is 1. The number of aromatic nitrogens is 3. The number of aromatic amines is 1. The van der Waals surface area contributed by atoms with Crippen LogP contribution in [0, 0.1) is 6.92 Å². The normalized spacial score (nSPS) is 15.0. The Hall–Kier alpha value is -3.22. The Morgan fingerprint density at radius 3 is 2.79 bits per heavy atom. The Morgan fingerprint density at radius 1 is 1.25 bits per heavy atom.